The van der Waals surface area contributed by atoms with Crippen LogP contribution in [-0.4, -0.2) is 33.6 Å². The first-order chi connectivity index (χ1) is 12.3. The van der Waals surface area contributed by atoms with Crippen LogP contribution < -0.4 is 0 Å². The van der Waals surface area contributed by atoms with E-state index in [-0.39, 0.29) is 36.0 Å². The molecule has 0 spiro atoms. The molecule has 2 atom stereocenters. The number of Topliss-reactive ketones (excluding diaryl/α,β-unsaturated/α-hetero) is 1. The topological polar surface area (TPSA) is 59.4 Å². The molecule has 1 fully saturated rings. The lowest BCUT2D eigenvalue weighted by Crippen LogP contribution is -2.36. The zero-order valence-electron chi connectivity index (χ0n) is 16.1. The number of amides is 2. The average molecular weight is 356 g/mol. The van der Waals surface area contributed by atoms with E-state index in [2.05, 4.69) is 18.4 Å². The molecule has 5 nitrogen and oxygen atoms in total. The van der Waals surface area contributed by atoms with Crippen LogP contribution in [0.25, 0.3) is 0 Å². The van der Waals surface area contributed by atoms with Gasteiger partial charge in [0.15, 0.2) is 5.78 Å². The lowest BCUT2D eigenvalue weighted by molar-refractivity contribution is -0.139. The van der Waals surface area contributed by atoms with Crippen LogP contribution in [0.5, 0.6) is 0 Å². The minimum atomic E-state index is -0.279. The van der Waals surface area contributed by atoms with E-state index in [1.165, 1.54) is 4.90 Å². The Morgan fingerprint density at radius 3 is 2.23 bits per heavy atom. The van der Waals surface area contributed by atoms with Crippen LogP contribution in [0.3, 0.4) is 0 Å². The summed E-state index contributed by atoms with van der Waals surface area (Å²) in [4.78, 5) is 39.2. The number of hydrogen-bond acceptors (Lipinski definition) is 3. The number of nitrogens with zero attached hydrogens (tertiary/aromatic N) is 2. The molecule has 0 saturated carbocycles. The first-order valence-corrected chi connectivity index (χ1v) is 9.51. The Hall–Kier alpha value is -2.17. The number of likely N-dealkylation sites (tertiary alicyclic amines) is 1. The molecule has 2 heterocycles. The number of ketones is 1. The fourth-order valence-corrected chi connectivity index (χ4v) is 4.07. The molecule has 1 aliphatic heterocycles. The quantitative estimate of drug-likeness (QED) is 0.446. The number of fused-ring (bicyclic) bond motifs is 1. The Morgan fingerprint density at radius 2 is 1.69 bits per heavy atom. The summed E-state index contributed by atoms with van der Waals surface area (Å²) >= 11 is 0. The van der Waals surface area contributed by atoms with Crippen molar-refractivity contribution in [3.05, 3.63) is 35.2 Å². The second kappa shape index (κ2) is 7.22. The normalized spacial score (nSPS) is 22.4. The Bertz CT molecular complexity index is 746. The molecule has 1 aromatic rings. The van der Waals surface area contributed by atoms with E-state index in [1.807, 2.05) is 32.1 Å². The minimum Gasteiger partial charge on any atom is -0.348 e. The smallest absolute Gasteiger partial charge is 0.233 e. The standard InChI is InChI=1S/C21H28N2O3/c1-13(2)9-10-22-14(3)11-18(15(22)4)19(24)12-23-20(25)16-7-5-6-8-17(16)21(23)26/h5-6,11,13,16-17H,7-10,12H2,1-4H3/t16-,17-/m1/s1. The van der Waals surface area contributed by atoms with Crippen molar-refractivity contribution >= 4 is 17.6 Å². The zero-order valence-corrected chi connectivity index (χ0v) is 16.1. The molecular formula is C21H28N2O3. The van der Waals surface area contributed by atoms with Gasteiger partial charge in [-0.1, -0.05) is 26.0 Å². The largest absolute Gasteiger partial charge is 0.348 e. The molecule has 5 heteroatoms. The van der Waals surface area contributed by atoms with Crippen molar-refractivity contribution in [3.8, 4) is 0 Å². The minimum absolute atomic E-state index is 0.140. The summed E-state index contributed by atoms with van der Waals surface area (Å²) in [6, 6.07) is 1.89. The number of carbonyl (C=O) groups is 3. The predicted molar refractivity (Wildman–Crippen MR) is 99.8 cm³/mol. The van der Waals surface area contributed by atoms with Gasteiger partial charge in [-0.25, -0.2) is 0 Å². The third-order valence-electron chi connectivity index (χ3n) is 5.70. The fraction of sp³-hybridized carbons (Fsp3) is 0.571. The Kier molecular flexibility index (Phi) is 5.17. The third-order valence-corrected chi connectivity index (χ3v) is 5.70. The second-order valence-electron chi connectivity index (χ2n) is 7.96. The van der Waals surface area contributed by atoms with Crippen molar-refractivity contribution < 1.29 is 14.4 Å². The highest BCUT2D eigenvalue weighted by Crippen LogP contribution is 2.35. The van der Waals surface area contributed by atoms with E-state index in [0.717, 1.165) is 24.4 Å². The van der Waals surface area contributed by atoms with Gasteiger partial charge < -0.3 is 4.57 Å². The van der Waals surface area contributed by atoms with Gasteiger partial charge in [0.2, 0.25) is 11.8 Å². The first kappa shape index (κ1) is 18.6. The highest BCUT2D eigenvalue weighted by molar-refractivity contribution is 6.10. The van der Waals surface area contributed by atoms with Gasteiger partial charge in [0.1, 0.15) is 0 Å². The predicted octanol–water partition coefficient (Wildman–Crippen LogP) is 3.28. The van der Waals surface area contributed by atoms with Crippen molar-refractivity contribution in [2.24, 2.45) is 17.8 Å². The Morgan fingerprint density at radius 1 is 1.12 bits per heavy atom. The third kappa shape index (κ3) is 3.27. The van der Waals surface area contributed by atoms with Gasteiger partial charge in [0.25, 0.3) is 0 Å². The van der Waals surface area contributed by atoms with Gasteiger partial charge in [-0.15, -0.1) is 0 Å². The number of hydrogen-bond donors (Lipinski definition) is 0. The lowest BCUT2D eigenvalue weighted by atomic mass is 9.85. The van der Waals surface area contributed by atoms with Crippen LogP contribution in [0.4, 0.5) is 0 Å². The number of carbonyl (C=O) groups excluding carboxylic acids is 3. The van der Waals surface area contributed by atoms with Gasteiger partial charge in [-0.05, 0) is 45.1 Å². The van der Waals surface area contributed by atoms with Crippen LogP contribution in [0.15, 0.2) is 18.2 Å². The van der Waals surface area contributed by atoms with Crippen molar-refractivity contribution in [2.45, 2.75) is 53.5 Å². The zero-order chi connectivity index (χ0) is 19.0. The van der Waals surface area contributed by atoms with Gasteiger partial charge in [-0.2, -0.15) is 0 Å². The molecular weight excluding hydrogens is 328 g/mol. The molecule has 0 unspecified atom stereocenters. The molecule has 0 N–H and O–H groups in total. The Balaban J connectivity index is 1.75. The number of aryl methyl sites for hydroxylation is 1. The Labute approximate surface area is 155 Å². The van der Waals surface area contributed by atoms with E-state index in [0.29, 0.717) is 24.3 Å². The molecule has 0 bridgehead atoms. The summed E-state index contributed by atoms with van der Waals surface area (Å²) in [5, 5.41) is 0. The van der Waals surface area contributed by atoms with Crippen molar-refractivity contribution in [1.29, 1.82) is 0 Å². The van der Waals surface area contributed by atoms with Crippen molar-refractivity contribution in [3.63, 3.8) is 0 Å². The van der Waals surface area contributed by atoms with Crippen LogP contribution >= 0.6 is 0 Å². The highest BCUT2D eigenvalue weighted by atomic mass is 16.2. The molecule has 26 heavy (non-hydrogen) atoms. The molecule has 0 aromatic carbocycles. The van der Waals surface area contributed by atoms with Crippen molar-refractivity contribution in [2.75, 3.05) is 6.54 Å². The number of aromatic nitrogens is 1. The number of rotatable bonds is 6. The van der Waals surface area contributed by atoms with Crippen LogP contribution in [0, 0.1) is 31.6 Å². The van der Waals surface area contributed by atoms with Gasteiger partial charge >= 0.3 is 0 Å². The molecule has 2 amide bonds. The maximum Gasteiger partial charge on any atom is 0.233 e. The summed E-state index contributed by atoms with van der Waals surface area (Å²) in [5.41, 5.74) is 2.59. The van der Waals surface area contributed by atoms with Crippen molar-refractivity contribution in [1.82, 2.24) is 9.47 Å². The lowest BCUT2D eigenvalue weighted by Gasteiger charge is -2.14. The highest BCUT2D eigenvalue weighted by Gasteiger charge is 2.47. The first-order valence-electron chi connectivity index (χ1n) is 9.51. The molecule has 1 aliphatic carbocycles. The van der Waals surface area contributed by atoms with Crippen LogP contribution in [-0.2, 0) is 16.1 Å². The summed E-state index contributed by atoms with van der Waals surface area (Å²) in [6.07, 6.45) is 6.16. The van der Waals surface area contributed by atoms with Crippen LogP contribution in [0.2, 0.25) is 0 Å². The molecule has 2 aliphatic rings. The fourth-order valence-electron chi connectivity index (χ4n) is 4.07. The average Bonchev–Trinajstić information content (AvgIpc) is 3.02. The van der Waals surface area contributed by atoms with Crippen LogP contribution in [0.1, 0.15) is 54.9 Å². The van der Waals surface area contributed by atoms with E-state index in [1.54, 1.807) is 0 Å². The molecule has 1 saturated heterocycles. The number of allylic oxidation sites excluding steroid dienone is 2. The van der Waals surface area contributed by atoms with Gasteiger partial charge in [-0.3, -0.25) is 19.3 Å². The monoisotopic (exact) mass is 356 g/mol. The van der Waals surface area contributed by atoms with Gasteiger partial charge in [0.05, 0.1) is 18.4 Å². The molecule has 0 radical (unpaired) electrons. The van der Waals surface area contributed by atoms with E-state index in [9.17, 15) is 14.4 Å². The summed E-state index contributed by atoms with van der Waals surface area (Å²) in [5.74, 6) is -0.496. The van der Waals surface area contributed by atoms with Gasteiger partial charge in [0, 0.05) is 23.5 Å². The maximum atomic E-state index is 12.8. The summed E-state index contributed by atoms with van der Waals surface area (Å²) in [6.45, 7) is 9.03. The molecule has 1 aromatic heterocycles. The molecule has 140 valence electrons. The van der Waals surface area contributed by atoms with E-state index >= 15 is 0 Å². The summed E-state index contributed by atoms with van der Waals surface area (Å²) in [7, 11) is 0. The second-order valence-corrected chi connectivity index (χ2v) is 7.96. The SMILES string of the molecule is Cc1cc(C(=O)CN2C(=O)[C@@H]3CC=CC[C@H]3C2=O)c(C)n1CCC(C)C. The summed E-state index contributed by atoms with van der Waals surface area (Å²) < 4.78 is 2.16. The van der Waals surface area contributed by atoms with E-state index < -0.39 is 0 Å². The molecule has 3 rings (SSSR count). The number of imide groups is 1. The van der Waals surface area contributed by atoms with E-state index in [4.69, 9.17) is 0 Å². The maximum absolute atomic E-state index is 12.8.